The van der Waals surface area contributed by atoms with Crippen LogP contribution in [0, 0.1) is 11.3 Å². The van der Waals surface area contributed by atoms with Crippen molar-refractivity contribution in [2.75, 3.05) is 19.9 Å². The van der Waals surface area contributed by atoms with Gasteiger partial charge < -0.3 is 19.5 Å². The lowest BCUT2D eigenvalue weighted by Gasteiger charge is -2.23. The van der Waals surface area contributed by atoms with Crippen molar-refractivity contribution in [2.24, 2.45) is 11.3 Å². The number of fused-ring (bicyclic) bond motifs is 2. The fraction of sp³-hybridized carbons (Fsp3) is 0.500. The third-order valence-corrected chi connectivity index (χ3v) is 5.54. The number of benzene rings is 1. The molecule has 0 unspecified atom stereocenters. The van der Waals surface area contributed by atoms with Gasteiger partial charge in [-0.05, 0) is 30.9 Å². The molecule has 7 heteroatoms. The van der Waals surface area contributed by atoms with E-state index in [-0.39, 0.29) is 25.2 Å². The summed E-state index contributed by atoms with van der Waals surface area (Å²) in [7, 11) is 0. The van der Waals surface area contributed by atoms with Crippen LogP contribution in [-0.2, 0) is 4.79 Å². The molecule has 0 spiro atoms. The molecule has 1 saturated carbocycles. The van der Waals surface area contributed by atoms with Crippen LogP contribution in [0.2, 0.25) is 5.02 Å². The summed E-state index contributed by atoms with van der Waals surface area (Å²) >= 11 is 6.13. The number of amides is 1. The number of halogens is 1. The fourth-order valence-corrected chi connectivity index (χ4v) is 4.33. The van der Waals surface area contributed by atoms with Gasteiger partial charge in [0.1, 0.15) is 0 Å². The lowest BCUT2D eigenvalue weighted by atomic mass is 9.81. The van der Waals surface area contributed by atoms with Crippen molar-refractivity contribution in [1.82, 2.24) is 4.90 Å². The quantitative estimate of drug-likeness (QED) is 0.896. The number of nitrogens with zero attached hydrogens (tertiary/aromatic N) is 1. The summed E-state index contributed by atoms with van der Waals surface area (Å²) in [5.41, 5.74) is -0.379. The summed E-state index contributed by atoms with van der Waals surface area (Å²) in [4.78, 5) is 26.1. The third kappa shape index (κ3) is 2.08. The van der Waals surface area contributed by atoms with Crippen molar-refractivity contribution in [3.05, 3.63) is 22.7 Å². The monoisotopic (exact) mass is 337 g/mol. The van der Waals surface area contributed by atoms with Gasteiger partial charge in [-0.2, -0.15) is 0 Å². The minimum atomic E-state index is -0.793. The Morgan fingerprint density at radius 2 is 2.17 bits per heavy atom. The molecule has 122 valence electrons. The number of rotatable bonds is 2. The second-order valence-corrected chi connectivity index (χ2v) is 6.84. The van der Waals surface area contributed by atoms with Gasteiger partial charge in [-0.3, -0.25) is 9.59 Å². The van der Waals surface area contributed by atoms with E-state index in [2.05, 4.69) is 0 Å². The molecule has 2 heterocycles. The van der Waals surface area contributed by atoms with Gasteiger partial charge in [0.15, 0.2) is 11.5 Å². The van der Waals surface area contributed by atoms with Gasteiger partial charge in [0.25, 0.3) is 5.91 Å². The van der Waals surface area contributed by atoms with Crippen LogP contribution in [0.1, 0.15) is 29.6 Å². The number of ether oxygens (including phenoxy) is 2. The molecule has 2 fully saturated rings. The molecule has 0 aromatic heterocycles. The van der Waals surface area contributed by atoms with E-state index in [1.807, 2.05) is 0 Å². The summed E-state index contributed by atoms with van der Waals surface area (Å²) in [6.45, 7) is 0.829. The molecule has 3 aliphatic rings. The van der Waals surface area contributed by atoms with Gasteiger partial charge in [0.2, 0.25) is 6.79 Å². The largest absolute Gasteiger partial charge is 0.481 e. The van der Waals surface area contributed by atoms with Crippen LogP contribution in [0.4, 0.5) is 0 Å². The number of carbonyl (C=O) groups excluding carboxylic acids is 1. The second kappa shape index (κ2) is 5.03. The first kappa shape index (κ1) is 14.6. The van der Waals surface area contributed by atoms with Crippen molar-refractivity contribution in [3.63, 3.8) is 0 Å². The highest BCUT2D eigenvalue weighted by Gasteiger charge is 2.55. The molecular formula is C16H16ClNO5. The molecule has 1 aromatic carbocycles. The maximum absolute atomic E-state index is 12.8. The number of likely N-dealkylation sites (tertiary alicyclic amines) is 1. The smallest absolute Gasteiger partial charge is 0.311 e. The van der Waals surface area contributed by atoms with E-state index in [0.29, 0.717) is 35.1 Å². The van der Waals surface area contributed by atoms with Crippen LogP contribution < -0.4 is 9.47 Å². The summed E-state index contributed by atoms with van der Waals surface area (Å²) in [6, 6.07) is 3.16. The summed E-state index contributed by atoms with van der Waals surface area (Å²) < 4.78 is 10.5. The first-order valence-electron chi connectivity index (χ1n) is 7.63. The zero-order chi connectivity index (χ0) is 16.2. The van der Waals surface area contributed by atoms with Gasteiger partial charge >= 0.3 is 5.97 Å². The highest BCUT2D eigenvalue weighted by atomic mass is 35.5. The number of hydrogen-bond acceptors (Lipinski definition) is 4. The zero-order valence-electron chi connectivity index (χ0n) is 12.4. The molecule has 23 heavy (non-hydrogen) atoms. The lowest BCUT2D eigenvalue weighted by molar-refractivity contribution is -0.149. The molecule has 0 radical (unpaired) electrons. The van der Waals surface area contributed by atoms with Gasteiger partial charge in [0, 0.05) is 18.7 Å². The van der Waals surface area contributed by atoms with Gasteiger partial charge in [-0.1, -0.05) is 18.0 Å². The minimum absolute atomic E-state index is 0.0356. The highest BCUT2D eigenvalue weighted by molar-refractivity contribution is 6.32. The zero-order valence-corrected chi connectivity index (χ0v) is 13.1. The molecular weight excluding hydrogens is 322 g/mol. The van der Waals surface area contributed by atoms with E-state index in [1.165, 1.54) is 0 Å². The average molecular weight is 338 g/mol. The van der Waals surface area contributed by atoms with Crippen molar-refractivity contribution < 1.29 is 24.2 Å². The van der Waals surface area contributed by atoms with Crippen LogP contribution in [0.25, 0.3) is 0 Å². The number of carbonyl (C=O) groups is 2. The minimum Gasteiger partial charge on any atom is -0.481 e. The lowest BCUT2D eigenvalue weighted by Crippen LogP contribution is -2.37. The van der Waals surface area contributed by atoms with E-state index in [9.17, 15) is 14.7 Å². The topological polar surface area (TPSA) is 76.1 Å². The van der Waals surface area contributed by atoms with Crippen LogP contribution >= 0.6 is 11.6 Å². The number of hydrogen-bond donors (Lipinski definition) is 1. The Labute approximate surface area is 137 Å². The Morgan fingerprint density at radius 3 is 2.91 bits per heavy atom. The molecule has 4 rings (SSSR count). The predicted molar refractivity (Wildman–Crippen MR) is 80.9 cm³/mol. The van der Waals surface area contributed by atoms with E-state index in [0.717, 1.165) is 12.8 Å². The van der Waals surface area contributed by atoms with E-state index < -0.39 is 11.4 Å². The number of aliphatic carboxylic acids is 1. The molecule has 1 aromatic rings. The molecule has 2 atom stereocenters. The van der Waals surface area contributed by atoms with Crippen LogP contribution in [0.3, 0.4) is 0 Å². The molecule has 0 bridgehead atoms. The number of carboxylic acid groups (broad SMARTS) is 1. The van der Waals surface area contributed by atoms with Crippen molar-refractivity contribution >= 4 is 23.5 Å². The molecule has 1 amide bonds. The van der Waals surface area contributed by atoms with Crippen molar-refractivity contribution in [1.29, 1.82) is 0 Å². The summed E-state index contributed by atoms with van der Waals surface area (Å²) in [6.07, 6.45) is 2.41. The Bertz CT molecular complexity index is 706. The Balaban J connectivity index is 1.62. The normalized spacial score (nSPS) is 28.0. The standard InChI is InChI=1S/C16H16ClNO5/c17-11-4-9(5-12-13(11)23-8-22-12)14(19)18-6-10-2-1-3-16(10,7-18)15(20)21/h4-5,10H,1-3,6-8H2,(H,20,21)/t10-,16+/m0/s1. The van der Waals surface area contributed by atoms with Crippen LogP contribution in [-0.4, -0.2) is 41.8 Å². The SMILES string of the molecule is O=C(c1cc(Cl)c2c(c1)OCO2)N1C[C@@H]2CCC[C@@]2(C(=O)O)C1. The van der Waals surface area contributed by atoms with Gasteiger partial charge in [-0.15, -0.1) is 0 Å². The second-order valence-electron chi connectivity index (χ2n) is 6.43. The number of carboxylic acids is 1. The average Bonchev–Trinajstić information content (AvgIpc) is 3.19. The molecule has 1 N–H and O–H groups in total. The maximum atomic E-state index is 12.8. The first-order chi connectivity index (χ1) is 11.0. The predicted octanol–water partition coefficient (Wildman–Crippen LogP) is 2.40. The third-order valence-electron chi connectivity index (χ3n) is 5.26. The maximum Gasteiger partial charge on any atom is 0.311 e. The van der Waals surface area contributed by atoms with Gasteiger partial charge in [0.05, 0.1) is 10.4 Å². The van der Waals surface area contributed by atoms with Crippen molar-refractivity contribution in [3.8, 4) is 11.5 Å². The van der Waals surface area contributed by atoms with Gasteiger partial charge in [-0.25, -0.2) is 0 Å². The van der Waals surface area contributed by atoms with E-state index in [1.54, 1.807) is 17.0 Å². The first-order valence-corrected chi connectivity index (χ1v) is 8.01. The molecule has 2 aliphatic heterocycles. The molecule has 1 aliphatic carbocycles. The van der Waals surface area contributed by atoms with Crippen molar-refractivity contribution in [2.45, 2.75) is 19.3 Å². The highest BCUT2D eigenvalue weighted by Crippen LogP contribution is 2.49. The Morgan fingerprint density at radius 1 is 1.35 bits per heavy atom. The fourth-order valence-electron chi connectivity index (χ4n) is 4.07. The summed E-state index contributed by atoms with van der Waals surface area (Å²) in [5, 5.41) is 9.95. The molecule has 1 saturated heterocycles. The van der Waals surface area contributed by atoms with E-state index >= 15 is 0 Å². The molecule has 6 nitrogen and oxygen atoms in total. The van der Waals surface area contributed by atoms with E-state index in [4.69, 9.17) is 21.1 Å². The Kier molecular flexibility index (Phi) is 3.20. The van der Waals surface area contributed by atoms with Crippen LogP contribution in [0.5, 0.6) is 11.5 Å². The van der Waals surface area contributed by atoms with Crippen LogP contribution in [0.15, 0.2) is 12.1 Å². The Hall–Kier alpha value is -1.95. The summed E-state index contributed by atoms with van der Waals surface area (Å²) in [5.74, 6) is -0.0654.